The zero-order valence-corrected chi connectivity index (χ0v) is 13.0. The molecule has 0 unspecified atom stereocenters. The van der Waals surface area contributed by atoms with Gasteiger partial charge in [0, 0.05) is 37.1 Å². The van der Waals surface area contributed by atoms with Gasteiger partial charge in [-0.15, -0.1) is 0 Å². The van der Waals surface area contributed by atoms with Gasteiger partial charge in [0.2, 0.25) is 0 Å². The van der Waals surface area contributed by atoms with Gasteiger partial charge in [-0.25, -0.2) is 0 Å². The number of allylic oxidation sites excluding steroid dienone is 4. The molecule has 0 spiro atoms. The molecule has 5 aliphatic rings. The van der Waals surface area contributed by atoms with Crippen molar-refractivity contribution in [2.45, 2.75) is 38.6 Å². The van der Waals surface area contributed by atoms with Crippen molar-refractivity contribution < 1.29 is 14.3 Å². The van der Waals surface area contributed by atoms with Crippen molar-refractivity contribution in [3.63, 3.8) is 0 Å². The van der Waals surface area contributed by atoms with Gasteiger partial charge in [-0.05, 0) is 37.5 Å². The Hall–Kier alpha value is -1.58. The van der Waals surface area contributed by atoms with E-state index in [4.69, 9.17) is 4.74 Å². The van der Waals surface area contributed by atoms with Crippen LogP contribution >= 0.6 is 0 Å². The molecule has 1 saturated carbocycles. The molecule has 5 rings (SSSR count). The summed E-state index contributed by atoms with van der Waals surface area (Å²) in [6.45, 7) is 2.89. The minimum Gasteiger partial charge on any atom is -0.464 e. The molecule has 4 nitrogen and oxygen atoms in total. The van der Waals surface area contributed by atoms with E-state index >= 15 is 0 Å². The number of nitrogens with zero attached hydrogens (tertiary/aromatic N) is 1. The van der Waals surface area contributed by atoms with Crippen LogP contribution in [0.4, 0.5) is 0 Å². The van der Waals surface area contributed by atoms with E-state index in [0.717, 1.165) is 25.8 Å². The van der Waals surface area contributed by atoms with Gasteiger partial charge in [0.05, 0.1) is 6.04 Å². The number of hydrogen-bond donors (Lipinski definition) is 0. The first-order valence-electron chi connectivity index (χ1n) is 8.49. The van der Waals surface area contributed by atoms with E-state index in [9.17, 15) is 9.59 Å². The molecule has 5 atom stereocenters. The normalized spacial score (nSPS) is 39.1. The largest absolute Gasteiger partial charge is 0.464 e. The molecule has 0 radical (unpaired) electrons. The molecule has 0 amide bonds. The first kappa shape index (κ1) is 14.0. The van der Waals surface area contributed by atoms with E-state index in [1.807, 2.05) is 6.08 Å². The fraction of sp³-hybridized carbons (Fsp3) is 0.667. The molecule has 1 saturated heterocycles. The number of ether oxygens (including phenoxy) is 1. The molecule has 2 bridgehead atoms. The summed E-state index contributed by atoms with van der Waals surface area (Å²) in [4.78, 5) is 26.0. The quantitative estimate of drug-likeness (QED) is 0.593. The molecule has 4 aliphatic carbocycles. The Kier molecular flexibility index (Phi) is 3.35. The summed E-state index contributed by atoms with van der Waals surface area (Å²) in [5, 5.41) is 0. The van der Waals surface area contributed by atoms with Crippen molar-refractivity contribution >= 4 is 11.8 Å². The van der Waals surface area contributed by atoms with Crippen LogP contribution in [0.25, 0.3) is 0 Å². The van der Waals surface area contributed by atoms with E-state index in [2.05, 4.69) is 17.1 Å². The first-order valence-corrected chi connectivity index (χ1v) is 8.49. The van der Waals surface area contributed by atoms with Crippen LogP contribution in [0.15, 0.2) is 23.9 Å². The topological polar surface area (TPSA) is 46.6 Å². The third-order valence-electron chi connectivity index (χ3n) is 5.90. The Morgan fingerprint density at radius 2 is 1.95 bits per heavy atom. The lowest BCUT2D eigenvalue weighted by Gasteiger charge is -2.44. The Labute approximate surface area is 131 Å². The average Bonchev–Trinajstić information content (AvgIpc) is 3.12. The number of ketones is 1. The van der Waals surface area contributed by atoms with E-state index in [-0.39, 0.29) is 17.9 Å². The van der Waals surface area contributed by atoms with Gasteiger partial charge in [0.15, 0.2) is 5.78 Å². The van der Waals surface area contributed by atoms with Crippen molar-refractivity contribution in [2.24, 2.45) is 23.7 Å². The molecule has 2 fully saturated rings. The predicted octanol–water partition coefficient (Wildman–Crippen LogP) is 2.31. The van der Waals surface area contributed by atoms with Gasteiger partial charge in [-0.2, -0.15) is 0 Å². The molecule has 22 heavy (non-hydrogen) atoms. The highest BCUT2D eigenvalue weighted by molar-refractivity contribution is 5.96. The zero-order chi connectivity index (χ0) is 15.3. The number of rotatable bonds is 3. The van der Waals surface area contributed by atoms with E-state index in [1.54, 1.807) is 0 Å². The summed E-state index contributed by atoms with van der Waals surface area (Å²) >= 11 is 0. The summed E-state index contributed by atoms with van der Waals surface area (Å²) in [5.41, 5.74) is 1.23. The highest BCUT2D eigenvalue weighted by Gasteiger charge is 2.51. The SMILES string of the molecule is CC(=O)OC[C@@H]1CCCN1C1=CC(=O)[C@@H]2[C@H]1[C@@H]1C=C[C@H]2CC1. The minimum absolute atomic E-state index is 0.175. The Morgan fingerprint density at radius 1 is 1.23 bits per heavy atom. The molecule has 0 aromatic heterocycles. The maximum absolute atomic E-state index is 12.5. The monoisotopic (exact) mass is 301 g/mol. The van der Waals surface area contributed by atoms with Crippen LogP contribution in [0.2, 0.25) is 0 Å². The van der Waals surface area contributed by atoms with Gasteiger partial charge in [0.1, 0.15) is 6.61 Å². The molecular weight excluding hydrogens is 278 g/mol. The second-order valence-corrected chi connectivity index (χ2v) is 7.11. The van der Waals surface area contributed by atoms with Gasteiger partial charge >= 0.3 is 5.97 Å². The smallest absolute Gasteiger partial charge is 0.302 e. The Bertz CT molecular complexity index is 565. The van der Waals surface area contributed by atoms with Crippen LogP contribution in [0.3, 0.4) is 0 Å². The lowest BCUT2D eigenvalue weighted by Crippen LogP contribution is -2.42. The Balaban J connectivity index is 1.57. The zero-order valence-electron chi connectivity index (χ0n) is 13.0. The van der Waals surface area contributed by atoms with Crippen LogP contribution in [-0.4, -0.2) is 35.8 Å². The Morgan fingerprint density at radius 3 is 2.64 bits per heavy atom. The number of hydrogen-bond acceptors (Lipinski definition) is 4. The van der Waals surface area contributed by atoms with Crippen molar-refractivity contribution in [2.75, 3.05) is 13.2 Å². The number of fused-ring (bicyclic) bond motifs is 1. The molecule has 1 heterocycles. The number of carbonyl (C=O) groups is 2. The van der Waals surface area contributed by atoms with Gasteiger partial charge in [-0.3, -0.25) is 9.59 Å². The van der Waals surface area contributed by atoms with Crippen LogP contribution in [0.1, 0.15) is 32.6 Å². The van der Waals surface area contributed by atoms with Crippen LogP contribution in [-0.2, 0) is 14.3 Å². The van der Waals surface area contributed by atoms with E-state index in [0.29, 0.717) is 30.1 Å². The summed E-state index contributed by atoms with van der Waals surface area (Å²) in [7, 11) is 0. The summed E-state index contributed by atoms with van der Waals surface area (Å²) < 4.78 is 5.23. The molecule has 4 heteroatoms. The molecule has 0 N–H and O–H groups in total. The number of likely N-dealkylation sites (tertiary alicyclic amines) is 1. The molecule has 118 valence electrons. The summed E-state index contributed by atoms with van der Waals surface area (Å²) in [6.07, 6.45) is 11.0. The predicted molar refractivity (Wildman–Crippen MR) is 81.8 cm³/mol. The standard InChI is InChI=1S/C18H23NO3/c1-11(20)22-10-14-3-2-8-19(14)15-9-16(21)18-13-6-4-12(5-7-13)17(15)18/h4,6,9,12-14,17-18H,2-3,5,7-8,10H2,1H3/t12-,13+,14+,17+,18-/m1/s1. The number of esters is 1. The average molecular weight is 301 g/mol. The first-order chi connectivity index (χ1) is 10.6. The molecule has 1 aliphatic heterocycles. The highest BCUT2D eigenvalue weighted by atomic mass is 16.5. The van der Waals surface area contributed by atoms with Gasteiger partial charge < -0.3 is 9.64 Å². The fourth-order valence-electron chi connectivity index (χ4n) is 4.96. The third-order valence-corrected chi connectivity index (χ3v) is 5.90. The van der Waals surface area contributed by atoms with Crippen molar-refractivity contribution in [3.8, 4) is 0 Å². The van der Waals surface area contributed by atoms with Crippen molar-refractivity contribution in [1.82, 2.24) is 4.90 Å². The van der Waals surface area contributed by atoms with Crippen molar-refractivity contribution in [3.05, 3.63) is 23.9 Å². The molecular formula is C18H23NO3. The highest BCUT2D eigenvalue weighted by Crippen LogP contribution is 2.52. The molecule has 0 aromatic rings. The van der Waals surface area contributed by atoms with Crippen LogP contribution in [0, 0.1) is 23.7 Å². The second-order valence-electron chi connectivity index (χ2n) is 7.11. The maximum atomic E-state index is 12.5. The van der Waals surface area contributed by atoms with E-state index in [1.165, 1.54) is 19.0 Å². The lowest BCUT2D eigenvalue weighted by atomic mass is 9.62. The van der Waals surface area contributed by atoms with Crippen molar-refractivity contribution in [1.29, 1.82) is 0 Å². The third kappa shape index (κ3) is 2.11. The minimum atomic E-state index is -0.221. The van der Waals surface area contributed by atoms with Gasteiger partial charge in [-0.1, -0.05) is 12.2 Å². The summed E-state index contributed by atoms with van der Waals surface area (Å²) in [6, 6.07) is 0.242. The van der Waals surface area contributed by atoms with Gasteiger partial charge in [0.25, 0.3) is 0 Å². The van der Waals surface area contributed by atoms with Crippen LogP contribution in [0.5, 0.6) is 0 Å². The fourth-order valence-corrected chi connectivity index (χ4v) is 4.96. The maximum Gasteiger partial charge on any atom is 0.302 e. The summed E-state index contributed by atoms with van der Waals surface area (Å²) in [5.74, 6) is 1.59. The van der Waals surface area contributed by atoms with E-state index < -0.39 is 0 Å². The lowest BCUT2D eigenvalue weighted by molar-refractivity contribution is -0.142. The number of carbonyl (C=O) groups excluding carboxylic acids is 2. The molecule has 0 aromatic carbocycles. The second kappa shape index (κ2) is 5.25. The van der Waals surface area contributed by atoms with Crippen LogP contribution < -0.4 is 0 Å².